The van der Waals surface area contributed by atoms with Crippen molar-refractivity contribution in [3.8, 4) is 21.3 Å². The fraction of sp³-hybridized carbons (Fsp3) is 0.0714. The van der Waals surface area contributed by atoms with Crippen molar-refractivity contribution in [2.45, 2.75) is 6.42 Å². The molecule has 0 amide bonds. The summed E-state index contributed by atoms with van der Waals surface area (Å²) in [6.07, 6.45) is 1.52. The summed E-state index contributed by atoms with van der Waals surface area (Å²) in [5.74, 6) is -1.27. The molecule has 3 aromatic heterocycles. The molecule has 4 nitrogen and oxygen atoms in total. The second kappa shape index (κ2) is 5.71. The molecular weight excluding hydrogens is 311 g/mol. The third-order valence-electron chi connectivity index (χ3n) is 2.70. The van der Waals surface area contributed by atoms with Crippen molar-refractivity contribution in [1.29, 1.82) is 0 Å². The highest BCUT2D eigenvalue weighted by Crippen LogP contribution is 2.32. The van der Waals surface area contributed by atoms with Gasteiger partial charge in [0.1, 0.15) is 10.7 Å². The molecule has 0 bridgehead atoms. The topological polar surface area (TPSA) is 63.1 Å². The van der Waals surface area contributed by atoms with Crippen molar-refractivity contribution in [3.63, 3.8) is 0 Å². The van der Waals surface area contributed by atoms with Gasteiger partial charge in [0.2, 0.25) is 0 Å². The number of hydrogen-bond donors (Lipinski definition) is 1. The van der Waals surface area contributed by atoms with Gasteiger partial charge < -0.3 is 5.11 Å². The molecular formula is C14H9FN2O2S2. The highest BCUT2D eigenvalue weighted by atomic mass is 32.1. The van der Waals surface area contributed by atoms with Gasteiger partial charge in [0.25, 0.3) is 0 Å². The Morgan fingerprint density at radius 1 is 1.33 bits per heavy atom. The number of aromatic nitrogens is 2. The molecule has 3 heterocycles. The molecule has 1 N–H and O–H groups in total. The summed E-state index contributed by atoms with van der Waals surface area (Å²) < 4.78 is 13.7. The standard InChI is InChI=1S/C14H9FN2O2S2/c15-9-2-1-5-16-13(9)14-17-10(7-20-14)11-4-3-8(21-11)6-12(18)19/h1-5,7H,6H2,(H,18,19). The largest absolute Gasteiger partial charge is 0.481 e. The van der Waals surface area contributed by atoms with Crippen LogP contribution >= 0.6 is 22.7 Å². The zero-order chi connectivity index (χ0) is 14.8. The van der Waals surface area contributed by atoms with E-state index in [0.29, 0.717) is 10.7 Å². The van der Waals surface area contributed by atoms with Gasteiger partial charge in [0.05, 0.1) is 17.0 Å². The van der Waals surface area contributed by atoms with Gasteiger partial charge in [-0.2, -0.15) is 0 Å². The molecule has 3 rings (SSSR count). The molecule has 3 aromatic rings. The van der Waals surface area contributed by atoms with Crippen LogP contribution in [0, 0.1) is 5.82 Å². The Morgan fingerprint density at radius 2 is 2.19 bits per heavy atom. The maximum atomic E-state index is 13.7. The fourth-order valence-electron chi connectivity index (χ4n) is 1.80. The van der Waals surface area contributed by atoms with Gasteiger partial charge in [-0.15, -0.1) is 22.7 Å². The normalized spacial score (nSPS) is 10.7. The number of rotatable bonds is 4. The van der Waals surface area contributed by atoms with E-state index < -0.39 is 11.8 Å². The Bertz CT molecular complexity index is 798. The number of carboxylic acid groups (broad SMARTS) is 1. The number of carboxylic acids is 1. The number of nitrogens with zero attached hydrogens (tertiary/aromatic N) is 2. The van der Waals surface area contributed by atoms with Gasteiger partial charge in [-0.1, -0.05) is 0 Å². The van der Waals surface area contributed by atoms with Gasteiger partial charge in [-0.3, -0.25) is 9.78 Å². The summed E-state index contributed by atoms with van der Waals surface area (Å²) in [4.78, 5) is 20.7. The van der Waals surface area contributed by atoms with Crippen LogP contribution in [0.1, 0.15) is 4.88 Å². The zero-order valence-corrected chi connectivity index (χ0v) is 12.2. The Morgan fingerprint density at radius 3 is 2.95 bits per heavy atom. The average Bonchev–Trinajstić information content (AvgIpc) is 3.07. The van der Waals surface area contributed by atoms with Crippen molar-refractivity contribution < 1.29 is 14.3 Å². The van der Waals surface area contributed by atoms with E-state index in [1.165, 1.54) is 41.0 Å². The molecule has 0 aromatic carbocycles. The molecule has 0 saturated heterocycles. The van der Waals surface area contributed by atoms with Crippen LogP contribution in [0.4, 0.5) is 4.39 Å². The van der Waals surface area contributed by atoms with Crippen LogP contribution in [0.2, 0.25) is 0 Å². The fourth-order valence-corrected chi connectivity index (χ4v) is 3.65. The van der Waals surface area contributed by atoms with Gasteiger partial charge in [0, 0.05) is 16.5 Å². The molecule has 0 fully saturated rings. The summed E-state index contributed by atoms with van der Waals surface area (Å²) in [5.41, 5.74) is 0.942. The number of thiophene rings is 1. The van der Waals surface area contributed by atoms with E-state index in [1.807, 2.05) is 11.4 Å². The summed E-state index contributed by atoms with van der Waals surface area (Å²) in [5, 5.41) is 11.1. The van der Waals surface area contributed by atoms with Gasteiger partial charge in [-0.25, -0.2) is 9.37 Å². The SMILES string of the molecule is O=C(O)Cc1ccc(-c2csc(-c3ncccc3F)n2)s1. The number of halogens is 1. The van der Waals surface area contributed by atoms with Crippen LogP contribution in [-0.4, -0.2) is 21.0 Å². The maximum Gasteiger partial charge on any atom is 0.308 e. The first-order chi connectivity index (χ1) is 10.1. The summed E-state index contributed by atoms with van der Waals surface area (Å²) in [7, 11) is 0. The van der Waals surface area contributed by atoms with Gasteiger partial charge in [-0.05, 0) is 24.3 Å². The maximum absolute atomic E-state index is 13.7. The van der Waals surface area contributed by atoms with E-state index in [2.05, 4.69) is 9.97 Å². The van der Waals surface area contributed by atoms with Crippen molar-refractivity contribution in [3.05, 3.63) is 46.5 Å². The first-order valence-electron chi connectivity index (χ1n) is 6.01. The van der Waals surface area contributed by atoms with E-state index in [4.69, 9.17) is 5.11 Å². The lowest BCUT2D eigenvalue weighted by atomic mass is 10.3. The zero-order valence-electron chi connectivity index (χ0n) is 10.6. The third kappa shape index (κ3) is 2.98. The minimum absolute atomic E-state index is 0.00344. The average molecular weight is 320 g/mol. The lowest BCUT2D eigenvalue weighted by Crippen LogP contribution is -1.96. The number of aliphatic carboxylic acids is 1. The van der Waals surface area contributed by atoms with Crippen LogP contribution in [0.3, 0.4) is 0 Å². The van der Waals surface area contributed by atoms with Crippen LogP contribution < -0.4 is 0 Å². The Labute approximate surface area is 127 Å². The second-order valence-electron chi connectivity index (χ2n) is 4.21. The van der Waals surface area contributed by atoms with Crippen LogP contribution in [0.15, 0.2) is 35.8 Å². The number of thiazole rings is 1. The molecule has 0 spiro atoms. The Hall–Kier alpha value is -2.12. The van der Waals surface area contributed by atoms with Crippen LogP contribution in [0.5, 0.6) is 0 Å². The number of carbonyl (C=O) groups is 1. The minimum Gasteiger partial charge on any atom is -0.481 e. The van der Waals surface area contributed by atoms with Crippen molar-refractivity contribution in [1.82, 2.24) is 9.97 Å². The van der Waals surface area contributed by atoms with E-state index >= 15 is 0 Å². The number of pyridine rings is 1. The molecule has 0 atom stereocenters. The van der Waals surface area contributed by atoms with E-state index in [0.717, 1.165) is 9.75 Å². The number of hydrogen-bond acceptors (Lipinski definition) is 5. The summed E-state index contributed by atoms with van der Waals surface area (Å²) in [6.45, 7) is 0. The Balaban J connectivity index is 1.90. The first kappa shape index (κ1) is 13.8. The first-order valence-corrected chi connectivity index (χ1v) is 7.70. The molecule has 0 radical (unpaired) electrons. The van der Waals surface area contributed by atoms with Crippen LogP contribution in [-0.2, 0) is 11.2 Å². The van der Waals surface area contributed by atoms with E-state index in [-0.39, 0.29) is 12.1 Å². The lowest BCUT2D eigenvalue weighted by Gasteiger charge is -1.96. The predicted molar refractivity (Wildman–Crippen MR) is 80.0 cm³/mol. The van der Waals surface area contributed by atoms with Crippen LogP contribution in [0.25, 0.3) is 21.3 Å². The van der Waals surface area contributed by atoms with Crippen molar-refractivity contribution in [2.24, 2.45) is 0 Å². The van der Waals surface area contributed by atoms with E-state index in [9.17, 15) is 9.18 Å². The molecule has 0 aliphatic rings. The molecule has 0 saturated carbocycles. The second-order valence-corrected chi connectivity index (χ2v) is 6.23. The van der Waals surface area contributed by atoms with E-state index in [1.54, 1.807) is 6.07 Å². The molecule has 106 valence electrons. The highest BCUT2D eigenvalue weighted by Gasteiger charge is 2.13. The van der Waals surface area contributed by atoms with Gasteiger partial charge >= 0.3 is 5.97 Å². The molecule has 0 aliphatic carbocycles. The quantitative estimate of drug-likeness (QED) is 0.796. The summed E-state index contributed by atoms with van der Waals surface area (Å²) in [6, 6.07) is 6.48. The molecule has 21 heavy (non-hydrogen) atoms. The summed E-state index contributed by atoms with van der Waals surface area (Å²) >= 11 is 2.69. The smallest absolute Gasteiger partial charge is 0.308 e. The highest BCUT2D eigenvalue weighted by molar-refractivity contribution is 7.16. The molecule has 0 aliphatic heterocycles. The lowest BCUT2D eigenvalue weighted by molar-refractivity contribution is -0.136. The molecule has 7 heteroatoms. The Kier molecular flexibility index (Phi) is 3.76. The minimum atomic E-state index is -0.863. The van der Waals surface area contributed by atoms with Crippen molar-refractivity contribution in [2.75, 3.05) is 0 Å². The monoisotopic (exact) mass is 320 g/mol. The van der Waals surface area contributed by atoms with Crippen molar-refractivity contribution >= 4 is 28.6 Å². The third-order valence-corrected chi connectivity index (χ3v) is 4.66. The molecule has 0 unspecified atom stereocenters. The van der Waals surface area contributed by atoms with Gasteiger partial charge in [0.15, 0.2) is 5.82 Å². The predicted octanol–water partition coefficient (Wildman–Crippen LogP) is 3.70.